The SMILES string of the molecule is CNC(c1cc2cccc(F)c2o1)c1c(F)cccc1Cl. The quantitative estimate of drug-likeness (QED) is 0.760. The van der Waals surface area contributed by atoms with Gasteiger partial charge in [0.1, 0.15) is 11.6 Å². The molecule has 0 fully saturated rings. The van der Waals surface area contributed by atoms with Crippen LogP contribution in [0.1, 0.15) is 17.4 Å². The Morgan fingerprint density at radius 3 is 2.48 bits per heavy atom. The number of nitrogens with one attached hydrogen (secondary N) is 1. The molecule has 0 aliphatic heterocycles. The third-order valence-electron chi connectivity index (χ3n) is 3.38. The van der Waals surface area contributed by atoms with Crippen molar-refractivity contribution in [3.8, 4) is 0 Å². The molecule has 0 spiro atoms. The van der Waals surface area contributed by atoms with E-state index in [1.165, 1.54) is 18.2 Å². The predicted molar refractivity (Wildman–Crippen MR) is 78.5 cm³/mol. The zero-order valence-electron chi connectivity index (χ0n) is 11.2. The molecule has 0 aliphatic rings. The second kappa shape index (κ2) is 5.47. The Hall–Kier alpha value is -1.91. The minimum absolute atomic E-state index is 0.153. The smallest absolute Gasteiger partial charge is 0.169 e. The van der Waals surface area contributed by atoms with Crippen molar-refractivity contribution in [1.29, 1.82) is 0 Å². The summed E-state index contributed by atoms with van der Waals surface area (Å²) in [5.41, 5.74) is 0.432. The normalized spacial score (nSPS) is 12.8. The lowest BCUT2D eigenvalue weighted by molar-refractivity contribution is 0.465. The number of halogens is 3. The maximum absolute atomic E-state index is 14.1. The van der Waals surface area contributed by atoms with E-state index in [4.69, 9.17) is 16.0 Å². The maximum atomic E-state index is 14.1. The minimum atomic E-state index is -0.592. The van der Waals surface area contributed by atoms with Gasteiger partial charge in [-0.25, -0.2) is 8.78 Å². The molecule has 1 N–H and O–H groups in total. The first-order valence-corrected chi connectivity index (χ1v) is 6.78. The van der Waals surface area contributed by atoms with Crippen LogP contribution in [0.5, 0.6) is 0 Å². The molecule has 21 heavy (non-hydrogen) atoms. The molecule has 3 aromatic rings. The molecule has 0 saturated heterocycles. The van der Waals surface area contributed by atoms with Crippen LogP contribution in [0.15, 0.2) is 46.9 Å². The summed E-state index contributed by atoms with van der Waals surface area (Å²) in [6.07, 6.45) is 0. The summed E-state index contributed by atoms with van der Waals surface area (Å²) in [6.45, 7) is 0. The lowest BCUT2D eigenvalue weighted by Crippen LogP contribution is -2.18. The summed E-state index contributed by atoms with van der Waals surface area (Å²) in [6, 6.07) is 10.2. The van der Waals surface area contributed by atoms with Crippen LogP contribution in [0, 0.1) is 11.6 Å². The summed E-state index contributed by atoms with van der Waals surface area (Å²) >= 11 is 6.09. The van der Waals surface area contributed by atoms with Gasteiger partial charge in [0.15, 0.2) is 11.4 Å². The van der Waals surface area contributed by atoms with Crippen molar-refractivity contribution in [3.05, 3.63) is 70.4 Å². The standard InChI is InChI=1S/C16H12ClF2NO/c1-20-15(14-10(17)5-3-6-11(14)18)13-8-9-4-2-7-12(19)16(9)21-13/h2-8,15,20H,1H3. The summed E-state index contributed by atoms with van der Waals surface area (Å²) in [7, 11) is 1.66. The van der Waals surface area contributed by atoms with Gasteiger partial charge in [0.05, 0.1) is 6.04 Å². The fourth-order valence-electron chi connectivity index (χ4n) is 2.41. The van der Waals surface area contributed by atoms with E-state index in [2.05, 4.69) is 5.32 Å². The monoisotopic (exact) mass is 307 g/mol. The number of benzene rings is 2. The summed E-state index contributed by atoms with van der Waals surface area (Å²) in [4.78, 5) is 0. The Bertz CT molecular complexity index is 780. The summed E-state index contributed by atoms with van der Waals surface area (Å²) in [5, 5.41) is 3.87. The zero-order chi connectivity index (χ0) is 15.0. The van der Waals surface area contributed by atoms with E-state index in [1.54, 1.807) is 31.3 Å². The predicted octanol–water partition coefficient (Wildman–Crippen LogP) is 4.67. The van der Waals surface area contributed by atoms with Crippen molar-refractivity contribution < 1.29 is 13.2 Å². The molecule has 108 valence electrons. The van der Waals surface area contributed by atoms with E-state index in [-0.39, 0.29) is 16.2 Å². The Kier molecular flexibility index (Phi) is 3.66. The van der Waals surface area contributed by atoms with Crippen LogP contribution in [0.3, 0.4) is 0 Å². The zero-order valence-corrected chi connectivity index (χ0v) is 11.9. The van der Waals surface area contributed by atoms with E-state index in [0.29, 0.717) is 11.1 Å². The molecule has 0 saturated carbocycles. The van der Waals surface area contributed by atoms with E-state index in [0.717, 1.165) is 0 Å². The van der Waals surface area contributed by atoms with Gasteiger partial charge in [-0.05, 0) is 31.3 Å². The molecule has 1 heterocycles. The highest BCUT2D eigenvalue weighted by Crippen LogP contribution is 2.33. The Balaban J connectivity index is 2.16. The molecular weight excluding hydrogens is 296 g/mol. The minimum Gasteiger partial charge on any atom is -0.456 e. The molecule has 1 atom stereocenters. The first-order chi connectivity index (χ1) is 10.1. The van der Waals surface area contributed by atoms with Crippen LogP contribution >= 0.6 is 11.6 Å². The van der Waals surface area contributed by atoms with Crippen molar-refractivity contribution in [2.45, 2.75) is 6.04 Å². The molecule has 2 nitrogen and oxygen atoms in total. The molecule has 3 rings (SSSR count). The highest BCUT2D eigenvalue weighted by atomic mass is 35.5. The van der Waals surface area contributed by atoms with Crippen LogP contribution in [0.4, 0.5) is 8.78 Å². The van der Waals surface area contributed by atoms with Gasteiger partial charge in [0.2, 0.25) is 0 Å². The first kappa shape index (κ1) is 14.0. The maximum Gasteiger partial charge on any atom is 0.169 e. The number of para-hydroxylation sites is 1. The first-order valence-electron chi connectivity index (χ1n) is 6.41. The number of hydrogen-bond donors (Lipinski definition) is 1. The highest BCUT2D eigenvalue weighted by Gasteiger charge is 2.23. The fraction of sp³-hybridized carbons (Fsp3) is 0.125. The molecule has 2 aromatic carbocycles. The molecule has 0 aliphatic carbocycles. The van der Waals surface area contributed by atoms with Crippen LogP contribution in [-0.4, -0.2) is 7.05 Å². The lowest BCUT2D eigenvalue weighted by Gasteiger charge is -2.16. The van der Waals surface area contributed by atoms with Gasteiger partial charge in [-0.15, -0.1) is 0 Å². The van der Waals surface area contributed by atoms with Gasteiger partial charge in [-0.2, -0.15) is 0 Å². The van der Waals surface area contributed by atoms with Crippen LogP contribution < -0.4 is 5.32 Å². The summed E-state index contributed by atoms with van der Waals surface area (Å²) < 4.78 is 33.3. The molecular formula is C16H12ClF2NO. The number of hydrogen-bond acceptors (Lipinski definition) is 2. The number of fused-ring (bicyclic) bond motifs is 1. The van der Waals surface area contributed by atoms with Crippen molar-refractivity contribution >= 4 is 22.6 Å². The number of furan rings is 1. The third kappa shape index (κ3) is 2.41. The largest absolute Gasteiger partial charge is 0.456 e. The Morgan fingerprint density at radius 2 is 1.81 bits per heavy atom. The molecule has 5 heteroatoms. The molecule has 0 radical (unpaired) electrons. The van der Waals surface area contributed by atoms with Gasteiger partial charge in [-0.3, -0.25) is 0 Å². The van der Waals surface area contributed by atoms with Crippen molar-refractivity contribution in [1.82, 2.24) is 5.32 Å². The van der Waals surface area contributed by atoms with Crippen LogP contribution in [0.2, 0.25) is 5.02 Å². The second-order valence-corrected chi connectivity index (χ2v) is 5.07. The van der Waals surface area contributed by atoms with Crippen molar-refractivity contribution in [2.24, 2.45) is 0 Å². The average molecular weight is 308 g/mol. The third-order valence-corrected chi connectivity index (χ3v) is 3.71. The lowest BCUT2D eigenvalue weighted by atomic mass is 10.0. The highest BCUT2D eigenvalue weighted by molar-refractivity contribution is 6.31. The molecule has 1 unspecified atom stereocenters. The second-order valence-electron chi connectivity index (χ2n) is 4.66. The van der Waals surface area contributed by atoms with E-state index >= 15 is 0 Å². The van der Waals surface area contributed by atoms with Crippen LogP contribution in [0.25, 0.3) is 11.0 Å². The molecule has 1 aromatic heterocycles. The van der Waals surface area contributed by atoms with Gasteiger partial charge in [-0.1, -0.05) is 29.8 Å². The van der Waals surface area contributed by atoms with E-state index in [1.807, 2.05) is 0 Å². The topological polar surface area (TPSA) is 25.2 Å². The fourth-order valence-corrected chi connectivity index (χ4v) is 2.68. The Labute approximate surface area is 125 Å². The summed E-state index contributed by atoms with van der Waals surface area (Å²) in [5.74, 6) is -0.486. The van der Waals surface area contributed by atoms with Crippen molar-refractivity contribution in [2.75, 3.05) is 7.05 Å². The average Bonchev–Trinajstić information content (AvgIpc) is 2.88. The van der Waals surface area contributed by atoms with E-state index in [9.17, 15) is 8.78 Å². The van der Waals surface area contributed by atoms with Gasteiger partial charge in [0, 0.05) is 16.0 Å². The van der Waals surface area contributed by atoms with Crippen molar-refractivity contribution in [3.63, 3.8) is 0 Å². The van der Waals surface area contributed by atoms with Gasteiger partial charge < -0.3 is 9.73 Å². The molecule has 0 bridgehead atoms. The Morgan fingerprint density at radius 1 is 1.10 bits per heavy atom. The van der Waals surface area contributed by atoms with E-state index < -0.39 is 17.7 Å². The molecule has 0 amide bonds. The van der Waals surface area contributed by atoms with Gasteiger partial charge >= 0.3 is 0 Å². The number of rotatable bonds is 3. The van der Waals surface area contributed by atoms with Gasteiger partial charge in [0.25, 0.3) is 0 Å². The van der Waals surface area contributed by atoms with Crippen LogP contribution in [-0.2, 0) is 0 Å².